The van der Waals surface area contributed by atoms with Crippen molar-refractivity contribution in [2.45, 2.75) is 50.8 Å². The lowest BCUT2D eigenvalue weighted by molar-refractivity contribution is -0.0507. The van der Waals surface area contributed by atoms with Crippen molar-refractivity contribution in [2.24, 2.45) is 0 Å². The molecule has 1 aromatic heterocycles. The van der Waals surface area contributed by atoms with E-state index in [4.69, 9.17) is 8.85 Å². The Morgan fingerprint density at radius 3 is 2.76 bits per heavy atom. The average Bonchev–Trinajstić information content (AvgIpc) is 3.27. The number of imidazole rings is 1. The minimum atomic E-state index is -3.18. The van der Waals surface area contributed by atoms with Crippen molar-refractivity contribution in [1.29, 1.82) is 0 Å². The Morgan fingerprint density at radius 2 is 2.06 bits per heavy atom. The number of carbonyl (C=O) groups excluding carboxylic acids is 1. The maximum absolute atomic E-state index is 15.9. The van der Waals surface area contributed by atoms with Crippen molar-refractivity contribution < 1.29 is 26.8 Å². The van der Waals surface area contributed by atoms with Crippen molar-refractivity contribution >= 4 is 25.0 Å². The van der Waals surface area contributed by atoms with Crippen LogP contribution < -0.4 is 4.74 Å². The first-order chi connectivity index (χ1) is 17.3. The van der Waals surface area contributed by atoms with E-state index < -0.39 is 45.5 Å². The number of nitrogens with zero attached hydrogens (tertiary/aromatic N) is 3. The molecule has 0 saturated carbocycles. The summed E-state index contributed by atoms with van der Waals surface area (Å²) in [5.41, 5.74) is 0.498. The quantitative estimate of drug-likeness (QED) is 0.358. The molecule has 2 aliphatic rings. The minimum absolute atomic E-state index is 0.0178. The summed E-state index contributed by atoms with van der Waals surface area (Å²) in [6.45, 7) is 0.436. The number of ether oxygens (including phenoxy) is 1. The van der Waals surface area contributed by atoms with Gasteiger partial charge in [-0.1, -0.05) is 31.6 Å². The van der Waals surface area contributed by atoms with Crippen LogP contribution in [0.2, 0.25) is 25.7 Å². The van der Waals surface area contributed by atoms with E-state index in [1.807, 2.05) is 0 Å². The number of hydrogen-bond acceptors (Lipinski definition) is 3. The largest absolute Gasteiger partial charge is 0.434 e. The van der Waals surface area contributed by atoms with Crippen LogP contribution in [0.5, 0.6) is 5.75 Å². The summed E-state index contributed by atoms with van der Waals surface area (Å²) in [5.74, 6) is 4.38. The Balaban J connectivity index is 1.77. The maximum Gasteiger partial charge on any atom is 0.387 e. The van der Waals surface area contributed by atoms with Gasteiger partial charge in [-0.3, -0.25) is 4.79 Å². The number of rotatable bonds is 3. The summed E-state index contributed by atoms with van der Waals surface area (Å²) >= 11 is 0. The van der Waals surface area contributed by atoms with Crippen LogP contribution in [0.25, 0.3) is 11.0 Å². The molecule has 5 nitrogen and oxygen atoms in total. The molecule has 2 aliphatic heterocycles. The molecule has 2 atom stereocenters. The average molecular weight is 487 g/mol. The van der Waals surface area contributed by atoms with Gasteiger partial charge in [-0.2, -0.15) is 8.78 Å². The van der Waals surface area contributed by atoms with Gasteiger partial charge in [0.05, 0.1) is 31.2 Å². The van der Waals surface area contributed by atoms with Crippen molar-refractivity contribution in [1.82, 2.24) is 14.5 Å². The zero-order chi connectivity index (χ0) is 26.9. The van der Waals surface area contributed by atoms with Crippen LogP contribution in [-0.2, 0) is 0 Å². The highest BCUT2D eigenvalue weighted by Gasteiger charge is 2.45. The van der Waals surface area contributed by atoms with Gasteiger partial charge in [0.1, 0.15) is 17.1 Å². The molecule has 0 fully saturated rings. The number of alkyl halides is 2. The third-order valence-corrected chi connectivity index (χ3v) is 7.33. The molecule has 0 spiro atoms. The van der Waals surface area contributed by atoms with E-state index in [1.165, 1.54) is 28.8 Å². The molecule has 34 heavy (non-hydrogen) atoms. The number of amides is 1. The third kappa shape index (κ3) is 3.57. The second kappa shape index (κ2) is 7.91. The van der Waals surface area contributed by atoms with Gasteiger partial charge in [-0.25, -0.2) is 9.37 Å². The maximum atomic E-state index is 15.9. The normalized spacial score (nSPS) is 20.7. The molecule has 9 heteroatoms. The lowest BCUT2D eigenvalue weighted by Crippen LogP contribution is -2.30. The summed E-state index contributed by atoms with van der Waals surface area (Å²) < 4.78 is 73.0. The van der Waals surface area contributed by atoms with Crippen LogP contribution >= 0.6 is 0 Å². The standard InChI is InChI=1S/C25H24F3N3O2Si/c1-30-18-13-17(20-15(24(30)32)8-5-9-19(20)33-25(27)28)31-22-16(29-23(18)31)11-10-14(21(22)26)7-6-12-34(2,3)4/h5,8-11,17-18,25H,12-13H2,1-4H3/t17-,18-/m1/s1/i1D3. The van der Waals surface area contributed by atoms with Gasteiger partial charge < -0.3 is 14.2 Å². The van der Waals surface area contributed by atoms with Crippen molar-refractivity contribution in [3.63, 3.8) is 0 Å². The van der Waals surface area contributed by atoms with Crippen LogP contribution in [0.4, 0.5) is 13.2 Å². The number of hydrogen-bond donors (Lipinski definition) is 0. The highest BCUT2D eigenvalue weighted by molar-refractivity contribution is 6.76. The molecule has 176 valence electrons. The molecule has 5 rings (SSSR count). The molecular formula is C25H24F3N3O2Si. The summed E-state index contributed by atoms with van der Waals surface area (Å²) in [6, 6.07) is 5.93. The number of fused-ring (bicyclic) bond motifs is 9. The Hall–Kier alpha value is -3.25. The Bertz CT molecular complexity index is 1490. The topological polar surface area (TPSA) is 47.4 Å². The summed E-state index contributed by atoms with van der Waals surface area (Å²) in [7, 11) is -1.48. The van der Waals surface area contributed by atoms with Crippen LogP contribution in [-0.4, -0.2) is 42.0 Å². The number of benzene rings is 2. The molecule has 0 N–H and O–H groups in total. The highest BCUT2D eigenvalue weighted by atomic mass is 28.3. The van der Waals surface area contributed by atoms with E-state index in [-0.39, 0.29) is 45.7 Å². The van der Waals surface area contributed by atoms with Crippen LogP contribution in [0.15, 0.2) is 30.3 Å². The van der Waals surface area contributed by atoms with E-state index in [2.05, 4.69) is 36.5 Å². The van der Waals surface area contributed by atoms with Gasteiger partial charge in [0.25, 0.3) is 5.91 Å². The van der Waals surface area contributed by atoms with Gasteiger partial charge in [0.2, 0.25) is 0 Å². The van der Waals surface area contributed by atoms with Crippen LogP contribution in [0.1, 0.15) is 49.9 Å². The SMILES string of the molecule is [2H]C([2H])([2H])N1C(=O)c2cccc(OC(F)F)c2[C@H]2C[C@@H]1c1nc3ccc(C#CC[Si](C)(C)C)c(F)c3n12. The number of carbonyl (C=O) groups is 1. The second-order valence-electron chi connectivity index (χ2n) is 9.71. The molecular weight excluding hydrogens is 459 g/mol. The van der Waals surface area contributed by atoms with E-state index in [9.17, 15) is 13.6 Å². The summed E-state index contributed by atoms with van der Waals surface area (Å²) in [6.07, 6.45) is 0.0178. The van der Waals surface area contributed by atoms with Crippen LogP contribution in [0, 0.1) is 17.7 Å². The first-order valence-electron chi connectivity index (χ1n) is 12.4. The lowest BCUT2D eigenvalue weighted by Gasteiger charge is -2.24. The molecule has 2 aromatic carbocycles. The molecule has 0 radical (unpaired) electrons. The number of aromatic nitrogens is 2. The second-order valence-corrected chi connectivity index (χ2v) is 15.2. The zero-order valence-corrected chi connectivity index (χ0v) is 19.8. The van der Waals surface area contributed by atoms with Gasteiger partial charge in [-0.15, -0.1) is 5.92 Å². The Morgan fingerprint density at radius 1 is 1.26 bits per heavy atom. The fourth-order valence-electron chi connectivity index (χ4n) is 4.65. The fourth-order valence-corrected chi connectivity index (χ4v) is 5.27. The molecule has 3 aromatic rings. The monoisotopic (exact) mass is 486 g/mol. The molecule has 0 aliphatic carbocycles. The van der Waals surface area contributed by atoms with Gasteiger partial charge >= 0.3 is 6.61 Å². The number of halogens is 3. The minimum Gasteiger partial charge on any atom is -0.434 e. The van der Waals surface area contributed by atoms with E-state index in [1.54, 1.807) is 6.07 Å². The van der Waals surface area contributed by atoms with E-state index in [0.717, 1.165) is 4.90 Å². The van der Waals surface area contributed by atoms with E-state index >= 15 is 4.39 Å². The predicted octanol–water partition coefficient (Wildman–Crippen LogP) is 5.59. The highest BCUT2D eigenvalue weighted by Crippen LogP contribution is 2.50. The Kier molecular flexibility index (Phi) is 4.44. The molecule has 2 bridgehead atoms. The van der Waals surface area contributed by atoms with E-state index in [0.29, 0.717) is 6.04 Å². The fraction of sp³-hybridized carbons (Fsp3) is 0.360. The first-order valence-corrected chi connectivity index (χ1v) is 14.6. The van der Waals surface area contributed by atoms with Crippen LogP contribution in [0.3, 0.4) is 0 Å². The molecule has 0 unspecified atom stereocenters. The third-order valence-electron chi connectivity index (χ3n) is 6.09. The van der Waals surface area contributed by atoms with Gasteiger partial charge in [-0.05, 0) is 24.3 Å². The summed E-state index contributed by atoms with van der Waals surface area (Å²) in [5, 5.41) is 0. The molecule has 3 heterocycles. The van der Waals surface area contributed by atoms with Gasteiger partial charge in [0, 0.05) is 34.7 Å². The van der Waals surface area contributed by atoms with Crippen molar-refractivity contribution in [3.8, 4) is 17.6 Å². The van der Waals surface area contributed by atoms with Crippen molar-refractivity contribution in [2.75, 3.05) is 6.98 Å². The van der Waals surface area contributed by atoms with Gasteiger partial charge in [0.15, 0.2) is 5.82 Å². The smallest absolute Gasteiger partial charge is 0.387 e. The zero-order valence-electron chi connectivity index (χ0n) is 21.8. The Labute approximate surface area is 200 Å². The molecule has 0 saturated heterocycles. The predicted molar refractivity (Wildman–Crippen MR) is 125 cm³/mol. The summed E-state index contributed by atoms with van der Waals surface area (Å²) in [4.78, 5) is 18.7. The van der Waals surface area contributed by atoms with Crippen molar-refractivity contribution in [3.05, 3.63) is 58.7 Å². The first kappa shape index (κ1) is 19.1. The molecule has 1 amide bonds. The lowest BCUT2D eigenvalue weighted by atomic mass is 9.97.